The van der Waals surface area contributed by atoms with Crippen molar-refractivity contribution in [3.8, 4) is 10.9 Å². The predicted molar refractivity (Wildman–Crippen MR) is 78.3 cm³/mol. The first-order valence-electron chi connectivity index (χ1n) is 6.30. The van der Waals surface area contributed by atoms with Gasteiger partial charge in [-0.3, -0.25) is 0 Å². The normalized spacial score (nSPS) is 16.4. The van der Waals surface area contributed by atoms with Gasteiger partial charge in [0.2, 0.25) is 10.0 Å². The average Bonchev–Trinajstić information content (AvgIpc) is 2.95. The van der Waals surface area contributed by atoms with Crippen LogP contribution >= 0.6 is 11.3 Å². The van der Waals surface area contributed by atoms with Gasteiger partial charge in [-0.1, -0.05) is 23.5 Å². The summed E-state index contributed by atoms with van der Waals surface area (Å²) in [5.41, 5.74) is 0. The van der Waals surface area contributed by atoms with E-state index >= 15 is 0 Å². The standard InChI is InChI=1S/C13H14N2O4S2/c1-18-11-4-2-3-5-12(11)21(16,17)15-8-10(9-15)19-13-14-6-7-20-13/h2-7,10H,8-9H2,1H3. The Morgan fingerprint density at radius 1 is 1.33 bits per heavy atom. The fourth-order valence-corrected chi connectivity index (χ4v) is 4.26. The van der Waals surface area contributed by atoms with E-state index in [0.717, 1.165) is 0 Å². The Labute approximate surface area is 127 Å². The highest BCUT2D eigenvalue weighted by atomic mass is 32.2. The van der Waals surface area contributed by atoms with E-state index in [4.69, 9.17) is 9.47 Å². The van der Waals surface area contributed by atoms with Crippen LogP contribution in [0.25, 0.3) is 0 Å². The number of nitrogens with zero attached hydrogens (tertiary/aromatic N) is 2. The lowest BCUT2D eigenvalue weighted by atomic mass is 10.2. The molecule has 1 aliphatic rings. The summed E-state index contributed by atoms with van der Waals surface area (Å²) in [6.07, 6.45) is 1.50. The van der Waals surface area contributed by atoms with Crippen molar-refractivity contribution < 1.29 is 17.9 Å². The Kier molecular flexibility index (Phi) is 3.83. The number of methoxy groups -OCH3 is 1. The average molecular weight is 326 g/mol. The van der Waals surface area contributed by atoms with Gasteiger partial charge in [0.25, 0.3) is 5.19 Å². The van der Waals surface area contributed by atoms with Gasteiger partial charge in [-0.2, -0.15) is 4.31 Å². The van der Waals surface area contributed by atoms with Crippen LogP contribution in [0.1, 0.15) is 0 Å². The lowest BCUT2D eigenvalue weighted by molar-refractivity contribution is 0.0758. The number of aromatic nitrogens is 1. The number of para-hydroxylation sites is 1. The van der Waals surface area contributed by atoms with Gasteiger partial charge in [-0.05, 0) is 12.1 Å². The Hall–Kier alpha value is -1.64. The molecule has 0 bridgehead atoms. The van der Waals surface area contributed by atoms with Crippen molar-refractivity contribution in [3.63, 3.8) is 0 Å². The Morgan fingerprint density at radius 3 is 2.76 bits per heavy atom. The van der Waals surface area contributed by atoms with E-state index < -0.39 is 10.0 Å². The van der Waals surface area contributed by atoms with Crippen molar-refractivity contribution in [1.29, 1.82) is 0 Å². The summed E-state index contributed by atoms with van der Waals surface area (Å²) in [5.74, 6) is 0.349. The molecule has 112 valence electrons. The highest BCUT2D eigenvalue weighted by molar-refractivity contribution is 7.89. The maximum atomic E-state index is 12.5. The number of hydrogen-bond donors (Lipinski definition) is 0. The minimum absolute atomic E-state index is 0.152. The molecule has 1 aliphatic heterocycles. The summed E-state index contributed by atoms with van der Waals surface area (Å²) in [6.45, 7) is 0.639. The third-order valence-electron chi connectivity index (χ3n) is 3.18. The topological polar surface area (TPSA) is 68.7 Å². The highest BCUT2D eigenvalue weighted by Crippen LogP contribution is 2.30. The number of hydrogen-bond acceptors (Lipinski definition) is 6. The number of benzene rings is 1. The van der Waals surface area contributed by atoms with Crippen molar-refractivity contribution >= 4 is 21.4 Å². The summed E-state index contributed by atoms with van der Waals surface area (Å²) >= 11 is 1.39. The number of thiazole rings is 1. The molecule has 2 heterocycles. The van der Waals surface area contributed by atoms with Crippen molar-refractivity contribution in [2.45, 2.75) is 11.0 Å². The first kappa shape index (κ1) is 14.3. The van der Waals surface area contributed by atoms with Crippen LogP contribution in [0.5, 0.6) is 10.9 Å². The second-order valence-electron chi connectivity index (χ2n) is 4.51. The zero-order valence-corrected chi connectivity index (χ0v) is 12.9. The van der Waals surface area contributed by atoms with Gasteiger partial charge in [0.1, 0.15) is 16.7 Å². The van der Waals surface area contributed by atoms with Gasteiger partial charge in [-0.15, -0.1) is 0 Å². The van der Waals surface area contributed by atoms with Gasteiger partial charge in [0, 0.05) is 11.6 Å². The zero-order chi connectivity index (χ0) is 14.9. The predicted octanol–water partition coefficient (Wildman–Crippen LogP) is 1.60. The summed E-state index contributed by atoms with van der Waals surface area (Å²) in [6, 6.07) is 6.60. The molecule has 0 spiro atoms. The van der Waals surface area contributed by atoms with Gasteiger partial charge < -0.3 is 9.47 Å². The molecular weight excluding hydrogens is 312 g/mol. The molecule has 0 N–H and O–H groups in total. The third-order valence-corrected chi connectivity index (χ3v) is 5.71. The molecule has 0 amide bonds. The summed E-state index contributed by atoms with van der Waals surface area (Å²) in [4.78, 5) is 4.20. The van der Waals surface area contributed by atoms with Crippen molar-refractivity contribution in [2.24, 2.45) is 0 Å². The maximum absolute atomic E-state index is 12.5. The highest BCUT2D eigenvalue weighted by Gasteiger charge is 2.39. The van der Waals surface area contributed by atoms with E-state index in [1.54, 1.807) is 30.5 Å². The summed E-state index contributed by atoms with van der Waals surface area (Å²) < 4.78 is 37.1. The molecule has 1 aromatic carbocycles. The van der Waals surface area contributed by atoms with Crippen LogP contribution in [0.15, 0.2) is 40.7 Å². The minimum atomic E-state index is -3.55. The van der Waals surface area contributed by atoms with Gasteiger partial charge in [-0.25, -0.2) is 13.4 Å². The quantitative estimate of drug-likeness (QED) is 0.835. The number of sulfonamides is 1. The molecule has 2 aromatic rings. The van der Waals surface area contributed by atoms with E-state index in [2.05, 4.69) is 4.98 Å². The number of ether oxygens (including phenoxy) is 2. The molecule has 3 rings (SSSR count). The van der Waals surface area contributed by atoms with Crippen LogP contribution in [-0.2, 0) is 10.0 Å². The second kappa shape index (κ2) is 5.63. The van der Waals surface area contributed by atoms with Crippen LogP contribution in [0.2, 0.25) is 0 Å². The zero-order valence-electron chi connectivity index (χ0n) is 11.3. The van der Waals surface area contributed by atoms with Gasteiger partial charge >= 0.3 is 0 Å². The molecule has 21 heavy (non-hydrogen) atoms. The van der Waals surface area contributed by atoms with Crippen LogP contribution < -0.4 is 9.47 Å². The molecule has 1 saturated heterocycles. The van der Waals surface area contributed by atoms with E-state index in [9.17, 15) is 8.42 Å². The molecule has 6 nitrogen and oxygen atoms in total. The monoisotopic (exact) mass is 326 g/mol. The van der Waals surface area contributed by atoms with Crippen LogP contribution in [0.4, 0.5) is 0 Å². The van der Waals surface area contributed by atoms with E-state index in [-0.39, 0.29) is 11.0 Å². The fourth-order valence-electron chi connectivity index (χ4n) is 2.05. The van der Waals surface area contributed by atoms with Crippen LogP contribution in [0.3, 0.4) is 0 Å². The largest absolute Gasteiger partial charge is 0.495 e. The number of rotatable bonds is 5. The molecule has 0 atom stereocenters. The molecule has 0 radical (unpaired) electrons. The Bertz CT molecular complexity index is 710. The van der Waals surface area contributed by atoms with Crippen LogP contribution in [-0.4, -0.2) is 44.0 Å². The van der Waals surface area contributed by atoms with Gasteiger partial charge in [0.15, 0.2) is 0 Å². The molecule has 1 fully saturated rings. The molecule has 0 saturated carbocycles. The Balaban J connectivity index is 1.70. The minimum Gasteiger partial charge on any atom is -0.495 e. The summed E-state index contributed by atoms with van der Waals surface area (Å²) in [7, 11) is -2.09. The Morgan fingerprint density at radius 2 is 2.10 bits per heavy atom. The fraction of sp³-hybridized carbons (Fsp3) is 0.308. The van der Waals surface area contributed by atoms with Crippen molar-refractivity contribution in [1.82, 2.24) is 9.29 Å². The first-order valence-corrected chi connectivity index (χ1v) is 8.62. The van der Waals surface area contributed by atoms with E-state index in [1.807, 2.05) is 5.38 Å². The van der Waals surface area contributed by atoms with E-state index in [1.165, 1.54) is 22.8 Å². The molecule has 0 unspecified atom stereocenters. The maximum Gasteiger partial charge on any atom is 0.273 e. The molecular formula is C13H14N2O4S2. The molecule has 8 heteroatoms. The summed E-state index contributed by atoms with van der Waals surface area (Å²) in [5, 5.41) is 2.38. The first-order chi connectivity index (χ1) is 10.1. The van der Waals surface area contributed by atoms with Gasteiger partial charge in [0.05, 0.1) is 20.2 Å². The van der Waals surface area contributed by atoms with Crippen molar-refractivity contribution in [3.05, 3.63) is 35.8 Å². The second-order valence-corrected chi connectivity index (χ2v) is 7.27. The lowest BCUT2D eigenvalue weighted by Gasteiger charge is -2.37. The molecule has 0 aliphatic carbocycles. The molecule has 1 aromatic heterocycles. The third kappa shape index (κ3) is 2.74. The smallest absolute Gasteiger partial charge is 0.273 e. The SMILES string of the molecule is COc1ccccc1S(=O)(=O)N1CC(Oc2nccs2)C1. The van der Waals surface area contributed by atoms with Crippen LogP contribution in [0, 0.1) is 0 Å². The van der Waals surface area contributed by atoms with Crippen molar-refractivity contribution in [2.75, 3.05) is 20.2 Å². The lowest BCUT2D eigenvalue weighted by Crippen LogP contribution is -2.55. The van der Waals surface area contributed by atoms with E-state index in [0.29, 0.717) is 24.0 Å².